The number of unbranched alkanes of at least 4 members (excludes halogenated alkanes) is 3. The lowest BCUT2D eigenvalue weighted by Crippen LogP contribution is -2.25. The van der Waals surface area contributed by atoms with Crippen LogP contribution < -0.4 is 0 Å². The second kappa shape index (κ2) is 9.13. The third kappa shape index (κ3) is 11.8. The number of nitrogens with zero attached hydrogens (tertiary/aromatic N) is 1. The first-order valence-corrected chi connectivity index (χ1v) is 6.03. The van der Waals surface area contributed by atoms with Crippen LogP contribution in [0.4, 0.5) is 0 Å². The van der Waals surface area contributed by atoms with Gasteiger partial charge in [-0.2, -0.15) is 0 Å². The molecule has 0 aliphatic carbocycles. The summed E-state index contributed by atoms with van der Waals surface area (Å²) in [5.41, 5.74) is 0. The average molecular weight is 217 g/mol. The fraction of sp³-hybridized carbons (Fsp3) is 1.00. The summed E-state index contributed by atoms with van der Waals surface area (Å²) in [7, 11) is 3.96. The Hall–Kier alpha value is -0.120. The standard InChI is InChI=1S/C12H27NO2/c1-11(14)8-6-4-5-7-9-12(15)10-13(2)3/h11-12,14-15H,4-10H2,1-3H3. The maximum atomic E-state index is 9.58. The van der Waals surface area contributed by atoms with Crippen LogP contribution in [0.15, 0.2) is 0 Å². The molecular weight excluding hydrogens is 190 g/mol. The van der Waals surface area contributed by atoms with Crippen LogP contribution in [0, 0.1) is 0 Å². The second-order valence-electron chi connectivity index (χ2n) is 4.76. The van der Waals surface area contributed by atoms with Crippen molar-refractivity contribution in [3.8, 4) is 0 Å². The van der Waals surface area contributed by atoms with E-state index in [1.807, 2.05) is 25.9 Å². The zero-order chi connectivity index (χ0) is 11.7. The Bertz CT molecular complexity index is 138. The molecule has 0 spiro atoms. The van der Waals surface area contributed by atoms with E-state index in [0.717, 1.165) is 38.6 Å². The van der Waals surface area contributed by atoms with Gasteiger partial charge in [-0.25, -0.2) is 0 Å². The SMILES string of the molecule is CC(O)CCCCCCC(O)CN(C)C. The maximum Gasteiger partial charge on any atom is 0.0666 e. The molecule has 0 aliphatic rings. The number of aliphatic hydroxyl groups excluding tert-OH is 2. The smallest absolute Gasteiger partial charge is 0.0666 e. The Kier molecular flexibility index (Phi) is 9.06. The molecule has 0 amide bonds. The van der Waals surface area contributed by atoms with Gasteiger partial charge in [-0.05, 0) is 33.9 Å². The van der Waals surface area contributed by atoms with Gasteiger partial charge < -0.3 is 15.1 Å². The minimum atomic E-state index is -0.184. The minimum Gasteiger partial charge on any atom is -0.393 e. The van der Waals surface area contributed by atoms with Crippen molar-refractivity contribution in [1.29, 1.82) is 0 Å². The molecule has 0 radical (unpaired) electrons. The molecule has 2 N–H and O–H groups in total. The highest BCUT2D eigenvalue weighted by molar-refractivity contribution is 4.59. The maximum absolute atomic E-state index is 9.58. The van der Waals surface area contributed by atoms with Gasteiger partial charge >= 0.3 is 0 Å². The molecule has 0 aromatic carbocycles. The molecule has 3 heteroatoms. The summed E-state index contributed by atoms with van der Waals surface area (Å²) >= 11 is 0. The molecular formula is C12H27NO2. The number of hydrogen-bond acceptors (Lipinski definition) is 3. The number of rotatable bonds is 9. The Morgan fingerprint density at radius 3 is 1.93 bits per heavy atom. The van der Waals surface area contributed by atoms with Gasteiger partial charge in [0.25, 0.3) is 0 Å². The lowest BCUT2D eigenvalue weighted by Gasteiger charge is -2.15. The van der Waals surface area contributed by atoms with E-state index in [4.69, 9.17) is 5.11 Å². The van der Waals surface area contributed by atoms with Crippen molar-refractivity contribution in [3.63, 3.8) is 0 Å². The van der Waals surface area contributed by atoms with Crippen molar-refractivity contribution in [2.24, 2.45) is 0 Å². The third-order valence-electron chi connectivity index (χ3n) is 2.49. The molecule has 0 bridgehead atoms. The van der Waals surface area contributed by atoms with E-state index in [2.05, 4.69) is 0 Å². The normalized spacial score (nSPS) is 15.6. The van der Waals surface area contributed by atoms with Crippen molar-refractivity contribution in [1.82, 2.24) is 4.90 Å². The van der Waals surface area contributed by atoms with Crippen LogP contribution in [-0.2, 0) is 0 Å². The van der Waals surface area contributed by atoms with E-state index < -0.39 is 0 Å². The average Bonchev–Trinajstić information content (AvgIpc) is 2.09. The Balaban J connectivity index is 3.16. The van der Waals surface area contributed by atoms with E-state index in [0.29, 0.717) is 0 Å². The van der Waals surface area contributed by atoms with Crippen molar-refractivity contribution in [2.45, 2.75) is 57.7 Å². The highest BCUT2D eigenvalue weighted by atomic mass is 16.3. The van der Waals surface area contributed by atoms with Gasteiger partial charge in [-0.15, -0.1) is 0 Å². The van der Waals surface area contributed by atoms with Crippen molar-refractivity contribution in [2.75, 3.05) is 20.6 Å². The van der Waals surface area contributed by atoms with Crippen LogP contribution in [0.5, 0.6) is 0 Å². The molecule has 0 aromatic heterocycles. The molecule has 0 aromatic rings. The first kappa shape index (κ1) is 14.9. The molecule has 0 heterocycles. The Labute approximate surface area is 94.1 Å². The van der Waals surface area contributed by atoms with Crippen molar-refractivity contribution < 1.29 is 10.2 Å². The fourth-order valence-corrected chi connectivity index (χ4v) is 1.69. The van der Waals surface area contributed by atoms with Crippen molar-refractivity contribution >= 4 is 0 Å². The zero-order valence-corrected chi connectivity index (χ0v) is 10.4. The number of hydrogen-bond donors (Lipinski definition) is 2. The Morgan fingerprint density at radius 1 is 0.933 bits per heavy atom. The predicted molar refractivity (Wildman–Crippen MR) is 63.9 cm³/mol. The van der Waals surface area contributed by atoms with Crippen molar-refractivity contribution in [3.05, 3.63) is 0 Å². The molecule has 0 saturated carbocycles. The van der Waals surface area contributed by atoms with Gasteiger partial charge in [0.05, 0.1) is 12.2 Å². The minimum absolute atomic E-state index is 0.163. The highest BCUT2D eigenvalue weighted by Crippen LogP contribution is 2.09. The first-order valence-electron chi connectivity index (χ1n) is 6.03. The van der Waals surface area contributed by atoms with Crippen LogP contribution in [0.1, 0.15) is 45.4 Å². The largest absolute Gasteiger partial charge is 0.393 e. The lowest BCUT2D eigenvalue weighted by atomic mass is 10.1. The molecule has 92 valence electrons. The van der Waals surface area contributed by atoms with Gasteiger partial charge in [0, 0.05) is 6.54 Å². The zero-order valence-electron chi connectivity index (χ0n) is 10.4. The van der Waals surface area contributed by atoms with Crippen LogP contribution in [-0.4, -0.2) is 48.0 Å². The van der Waals surface area contributed by atoms with Crippen LogP contribution in [0.3, 0.4) is 0 Å². The summed E-state index contributed by atoms with van der Waals surface area (Å²) in [6.45, 7) is 2.59. The summed E-state index contributed by atoms with van der Waals surface area (Å²) in [6.07, 6.45) is 5.97. The molecule has 0 aliphatic heterocycles. The van der Waals surface area contributed by atoms with Crippen LogP contribution in [0.25, 0.3) is 0 Å². The molecule has 15 heavy (non-hydrogen) atoms. The van der Waals surface area contributed by atoms with Gasteiger partial charge in [0.1, 0.15) is 0 Å². The molecule has 3 nitrogen and oxygen atoms in total. The van der Waals surface area contributed by atoms with Gasteiger partial charge in [-0.1, -0.05) is 25.7 Å². The summed E-state index contributed by atoms with van der Waals surface area (Å²) in [6, 6.07) is 0. The monoisotopic (exact) mass is 217 g/mol. The third-order valence-corrected chi connectivity index (χ3v) is 2.49. The lowest BCUT2D eigenvalue weighted by molar-refractivity contribution is 0.125. The van der Waals surface area contributed by atoms with Gasteiger partial charge in [0.15, 0.2) is 0 Å². The van der Waals surface area contributed by atoms with E-state index in [9.17, 15) is 5.11 Å². The molecule has 2 unspecified atom stereocenters. The molecule has 0 rings (SSSR count). The summed E-state index contributed by atoms with van der Waals surface area (Å²) in [5.74, 6) is 0. The summed E-state index contributed by atoms with van der Waals surface area (Å²) in [4.78, 5) is 2.01. The first-order chi connectivity index (χ1) is 7.02. The predicted octanol–water partition coefficient (Wildman–Crippen LogP) is 1.63. The second-order valence-corrected chi connectivity index (χ2v) is 4.76. The number of aliphatic hydroxyl groups is 2. The molecule has 2 atom stereocenters. The fourth-order valence-electron chi connectivity index (χ4n) is 1.69. The van der Waals surface area contributed by atoms with Crippen LogP contribution >= 0.6 is 0 Å². The summed E-state index contributed by atoms with van der Waals surface area (Å²) < 4.78 is 0. The van der Waals surface area contributed by atoms with Crippen LogP contribution in [0.2, 0.25) is 0 Å². The van der Waals surface area contributed by atoms with Gasteiger partial charge in [-0.3, -0.25) is 0 Å². The highest BCUT2D eigenvalue weighted by Gasteiger charge is 2.04. The van der Waals surface area contributed by atoms with E-state index in [1.54, 1.807) is 0 Å². The van der Waals surface area contributed by atoms with E-state index in [1.165, 1.54) is 6.42 Å². The quantitative estimate of drug-likeness (QED) is 0.577. The van der Waals surface area contributed by atoms with E-state index >= 15 is 0 Å². The molecule has 0 saturated heterocycles. The van der Waals surface area contributed by atoms with E-state index in [-0.39, 0.29) is 12.2 Å². The topological polar surface area (TPSA) is 43.7 Å². The number of likely N-dealkylation sites (N-methyl/N-ethyl adjacent to an activating group) is 1. The molecule has 0 fully saturated rings. The Morgan fingerprint density at radius 2 is 1.47 bits per heavy atom. The van der Waals surface area contributed by atoms with Gasteiger partial charge in [0.2, 0.25) is 0 Å². The summed E-state index contributed by atoms with van der Waals surface area (Å²) in [5, 5.41) is 18.6.